The summed E-state index contributed by atoms with van der Waals surface area (Å²) >= 11 is 0. The van der Waals surface area contributed by atoms with Crippen LogP contribution < -0.4 is 5.73 Å². The van der Waals surface area contributed by atoms with Gasteiger partial charge in [0.1, 0.15) is 6.17 Å². The molecule has 3 nitrogen and oxygen atoms in total. The van der Waals surface area contributed by atoms with E-state index in [1.807, 2.05) is 14.0 Å². The van der Waals surface area contributed by atoms with Crippen LogP contribution in [0.2, 0.25) is 0 Å². The van der Waals surface area contributed by atoms with Crippen molar-refractivity contribution in [3.8, 4) is 0 Å². The molecule has 23 heavy (non-hydrogen) atoms. The van der Waals surface area contributed by atoms with E-state index in [1.165, 1.54) is 51.4 Å². The molecule has 0 aromatic heterocycles. The molecule has 3 heteroatoms. The summed E-state index contributed by atoms with van der Waals surface area (Å²) in [6.45, 7) is 8.57. The van der Waals surface area contributed by atoms with Crippen molar-refractivity contribution in [3.05, 3.63) is 0 Å². The Morgan fingerprint density at radius 2 is 1.30 bits per heavy atom. The SMILES string of the molecule is CCCCCCCCCCCC(=O)[N+](C)(C(C)N)C(CC)CC. The smallest absolute Gasteiger partial charge is 0.281 e. The molecule has 138 valence electrons. The highest BCUT2D eigenvalue weighted by molar-refractivity contribution is 5.69. The highest BCUT2D eigenvalue weighted by atomic mass is 16.2. The van der Waals surface area contributed by atoms with Gasteiger partial charge in [0.25, 0.3) is 0 Å². The predicted octanol–water partition coefficient (Wildman–Crippen LogP) is 5.37. The van der Waals surface area contributed by atoms with E-state index in [-0.39, 0.29) is 6.17 Å². The van der Waals surface area contributed by atoms with Crippen LogP contribution in [0.1, 0.15) is 105 Å². The summed E-state index contributed by atoms with van der Waals surface area (Å²) in [4.78, 5) is 12.8. The molecule has 0 radical (unpaired) electrons. The maximum atomic E-state index is 12.8. The first-order chi connectivity index (χ1) is 10.9. The summed E-state index contributed by atoms with van der Waals surface area (Å²) in [5, 5.41) is 0. The van der Waals surface area contributed by atoms with E-state index in [9.17, 15) is 4.79 Å². The molecular weight excluding hydrogens is 284 g/mol. The van der Waals surface area contributed by atoms with Crippen LogP contribution in [0.15, 0.2) is 0 Å². The van der Waals surface area contributed by atoms with Gasteiger partial charge in [0, 0.05) is 6.92 Å². The molecule has 0 aromatic rings. The first kappa shape index (κ1) is 22.6. The molecule has 0 fully saturated rings. The molecule has 2 N–H and O–H groups in total. The molecule has 0 heterocycles. The molecular formula is C20H43N2O+. The topological polar surface area (TPSA) is 43.1 Å². The zero-order chi connectivity index (χ0) is 17.7. The zero-order valence-corrected chi connectivity index (χ0v) is 16.6. The van der Waals surface area contributed by atoms with Crippen molar-refractivity contribution in [1.82, 2.24) is 0 Å². The third kappa shape index (κ3) is 7.80. The number of nitrogens with two attached hydrogens (primary N) is 1. The van der Waals surface area contributed by atoms with Gasteiger partial charge in [-0.2, -0.15) is 0 Å². The van der Waals surface area contributed by atoms with Gasteiger partial charge in [-0.1, -0.05) is 72.1 Å². The van der Waals surface area contributed by atoms with Gasteiger partial charge in [-0.25, -0.2) is 9.28 Å². The Balaban J connectivity index is 4.06. The maximum Gasteiger partial charge on any atom is 0.314 e. The van der Waals surface area contributed by atoms with Crippen LogP contribution in [0, 0.1) is 0 Å². The first-order valence-electron chi connectivity index (χ1n) is 10.1. The third-order valence-corrected chi connectivity index (χ3v) is 5.58. The molecule has 1 amide bonds. The van der Waals surface area contributed by atoms with Gasteiger partial charge in [-0.05, 0) is 19.3 Å². The van der Waals surface area contributed by atoms with E-state index in [0.717, 1.165) is 19.3 Å². The number of hydrogen-bond donors (Lipinski definition) is 1. The number of carbonyl (C=O) groups is 1. The van der Waals surface area contributed by atoms with Crippen LogP contribution in [0.4, 0.5) is 0 Å². The van der Waals surface area contributed by atoms with E-state index in [4.69, 9.17) is 5.73 Å². The van der Waals surface area contributed by atoms with Gasteiger partial charge in [0.15, 0.2) is 0 Å². The Labute approximate surface area is 145 Å². The van der Waals surface area contributed by atoms with Crippen LogP contribution in [0.5, 0.6) is 0 Å². The lowest BCUT2D eigenvalue weighted by molar-refractivity contribution is -0.883. The molecule has 2 unspecified atom stereocenters. The molecule has 2 atom stereocenters. The van der Waals surface area contributed by atoms with E-state index in [1.54, 1.807) is 0 Å². The van der Waals surface area contributed by atoms with Crippen molar-refractivity contribution in [1.29, 1.82) is 0 Å². The minimum Gasteiger partial charge on any atom is -0.281 e. The number of unbranched alkanes of at least 4 members (excludes halogenated alkanes) is 8. The summed E-state index contributed by atoms with van der Waals surface area (Å²) < 4.78 is 0.407. The van der Waals surface area contributed by atoms with E-state index >= 15 is 0 Å². The number of hydrogen-bond acceptors (Lipinski definition) is 2. The largest absolute Gasteiger partial charge is 0.314 e. The Morgan fingerprint density at radius 1 is 0.870 bits per heavy atom. The third-order valence-electron chi connectivity index (χ3n) is 5.58. The number of quaternary nitrogens is 1. The van der Waals surface area contributed by atoms with Crippen molar-refractivity contribution in [2.75, 3.05) is 7.05 Å². The summed E-state index contributed by atoms with van der Waals surface area (Å²) in [5.74, 6) is 0.330. The number of nitrogens with zero attached hydrogens (tertiary/aromatic N) is 1. The van der Waals surface area contributed by atoms with Gasteiger partial charge in [0.05, 0.1) is 19.5 Å². The molecule has 0 rings (SSSR count). The average Bonchev–Trinajstić information content (AvgIpc) is 2.53. The maximum absolute atomic E-state index is 12.8. The van der Waals surface area contributed by atoms with Gasteiger partial charge < -0.3 is 0 Å². The lowest BCUT2D eigenvalue weighted by Crippen LogP contribution is -2.64. The second-order valence-corrected chi connectivity index (χ2v) is 7.33. The summed E-state index contributed by atoms with van der Waals surface area (Å²) in [6, 6.07) is 0.348. The Hall–Kier alpha value is -0.410. The first-order valence-corrected chi connectivity index (χ1v) is 10.1. The molecule has 0 aliphatic heterocycles. The molecule has 0 saturated heterocycles. The van der Waals surface area contributed by atoms with Crippen LogP contribution in [-0.4, -0.2) is 29.6 Å². The van der Waals surface area contributed by atoms with Gasteiger partial charge in [-0.3, -0.25) is 5.73 Å². The van der Waals surface area contributed by atoms with Crippen molar-refractivity contribution in [2.24, 2.45) is 5.73 Å². The van der Waals surface area contributed by atoms with E-state index in [2.05, 4.69) is 20.8 Å². The highest BCUT2D eigenvalue weighted by Crippen LogP contribution is 2.23. The van der Waals surface area contributed by atoms with Gasteiger partial charge >= 0.3 is 5.91 Å². The quantitative estimate of drug-likeness (QED) is 0.265. The molecule has 0 saturated carbocycles. The second kappa shape index (κ2) is 12.9. The van der Waals surface area contributed by atoms with Crippen LogP contribution >= 0.6 is 0 Å². The van der Waals surface area contributed by atoms with Crippen molar-refractivity contribution < 1.29 is 9.28 Å². The molecule has 0 aromatic carbocycles. The minimum absolute atomic E-state index is 0.119. The lowest BCUT2D eigenvalue weighted by atomic mass is 10.0. The monoisotopic (exact) mass is 327 g/mol. The Kier molecular flexibility index (Phi) is 12.7. The zero-order valence-electron chi connectivity index (χ0n) is 16.6. The van der Waals surface area contributed by atoms with E-state index < -0.39 is 0 Å². The lowest BCUT2D eigenvalue weighted by Gasteiger charge is -2.41. The van der Waals surface area contributed by atoms with Crippen LogP contribution in [0.25, 0.3) is 0 Å². The van der Waals surface area contributed by atoms with Gasteiger partial charge in [0.2, 0.25) is 0 Å². The van der Waals surface area contributed by atoms with Crippen LogP contribution in [0.3, 0.4) is 0 Å². The molecule has 0 bridgehead atoms. The Morgan fingerprint density at radius 3 is 1.70 bits per heavy atom. The van der Waals surface area contributed by atoms with Crippen molar-refractivity contribution in [2.45, 2.75) is 117 Å². The summed E-state index contributed by atoms with van der Waals surface area (Å²) in [6.07, 6.45) is 14.2. The van der Waals surface area contributed by atoms with Crippen LogP contribution in [-0.2, 0) is 4.79 Å². The second-order valence-electron chi connectivity index (χ2n) is 7.33. The summed E-state index contributed by atoms with van der Waals surface area (Å²) in [7, 11) is 2.04. The summed E-state index contributed by atoms with van der Waals surface area (Å²) in [5.41, 5.74) is 6.19. The van der Waals surface area contributed by atoms with Crippen molar-refractivity contribution >= 4 is 5.91 Å². The predicted molar refractivity (Wildman–Crippen MR) is 101 cm³/mol. The number of carbonyl (C=O) groups excluding carboxylic acids is 1. The van der Waals surface area contributed by atoms with E-state index in [0.29, 0.717) is 22.9 Å². The normalized spacial score (nSPS) is 15.6. The fourth-order valence-electron chi connectivity index (χ4n) is 3.64. The Bertz CT molecular complexity index is 300. The average molecular weight is 328 g/mol. The van der Waals surface area contributed by atoms with Gasteiger partial charge in [-0.15, -0.1) is 0 Å². The number of amides is 1. The minimum atomic E-state index is -0.119. The molecule has 0 spiro atoms. The fraction of sp³-hybridized carbons (Fsp3) is 0.950. The molecule has 0 aliphatic carbocycles. The highest BCUT2D eigenvalue weighted by Gasteiger charge is 2.40. The number of rotatable bonds is 14. The molecule has 0 aliphatic rings. The van der Waals surface area contributed by atoms with Crippen molar-refractivity contribution in [3.63, 3.8) is 0 Å². The fourth-order valence-corrected chi connectivity index (χ4v) is 3.64. The standard InChI is InChI=1S/C20H43N2O/c1-6-9-10-11-12-13-14-15-16-17-20(23)22(5,18(4)21)19(7-2)8-3/h18-19H,6-17,21H2,1-5H3/q+1.